The van der Waals surface area contributed by atoms with E-state index in [-0.39, 0.29) is 34.3 Å². The van der Waals surface area contributed by atoms with Gasteiger partial charge in [0.2, 0.25) is 0 Å². The van der Waals surface area contributed by atoms with Gasteiger partial charge in [-0.05, 0) is 49.7 Å². The summed E-state index contributed by atoms with van der Waals surface area (Å²) in [5.41, 5.74) is 1.54. The number of fused-ring (bicyclic) bond motifs is 4. The number of aliphatic carboxylic acids is 1. The summed E-state index contributed by atoms with van der Waals surface area (Å²) in [5.74, 6) is -1.70. The van der Waals surface area contributed by atoms with Crippen molar-refractivity contribution in [3.63, 3.8) is 0 Å². The molecule has 12 heteroatoms. The van der Waals surface area contributed by atoms with Crippen LogP contribution >= 0.6 is 34.5 Å². The molecule has 4 aromatic rings. The summed E-state index contributed by atoms with van der Waals surface area (Å²) < 4.78 is 16.4. The molecule has 2 atom stereocenters. The summed E-state index contributed by atoms with van der Waals surface area (Å²) in [6.45, 7) is 0. The third-order valence-corrected chi connectivity index (χ3v) is 8.48. The van der Waals surface area contributed by atoms with Crippen molar-refractivity contribution in [3.8, 4) is 22.0 Å². The first-order chi connectivity index (χ1) is 16.9. The van der Waals surface area contributed by atoms with Gasteiger partial charge in [0.25, 0.3) is 0 Å². The molecular formula is C23H19Cl2FN6O2S. The molecule has 35 heavy (non-hydrogen) atoms. The minimum atomic E-state index is -0.861. The number of hydrogen-bond donors (Lipinski definition) is 3. The van der Waals surface area contributed by atoms with E-state index in [1.165, 1.54) is 17.5 Å². The Morgan fingerprint density at radius 1 is 1.14 bits per heavy atom. The fourth-order valence-corrected chi connectivity index (χ4v) is 6.64. The largest absolute Gasteiger partial charge is 0.481 e. The Morgan fingerprint density at radius 3 is 2.63 bits per heavy atom. The maximum atomic E-state index is 15.9. The molecule has 2 bridgehead atoms. The number of rotatable bonds is 5. The Kier molecular flexibility index (Phi) is 5.62. The number of aromatic nitrogens is 5. The monoisotopic (exact) mass is 532 g/mol. The number of nitrogens with one attached hydrogen (secondary N) is 2. The van der Waals surface area contributed by atoms with Gasteiger partial charge in [-0.15, -0.1) is 11.3 Å². The fraction of sp³-hybridized carbons (Fsp3) is 0.348. The number of carboxylic acid groups (broad SMARTS) is 1. The molecule has 0 spiro atoms. The van der Waals surface area contributed by atoms with Crippen LogP contribution in [0.3, 0.4) is 0 Å². The van der Waals surface area contributed by atoms with E-state index in [1.54, 1.807) is 18.3 Å². The number of hydrogen-bond acceptors (Lipinski definition) is 7. The third-order valence-electron chi connectivity index (χ3n) is 7.06. The van der Waals surface area contributed by atoms with Crippen molar-refractivity contribution in [3.05, 3.63) is 39.8 Å². The molecule has 3 saturated carbocycles. The van der Waals surface area contributed by atoms with Gasteiger partial charge in [-0.25, -0.2) is 24.3 Å². The van der Waals surface area contributed by atoms with Gasteiger partial charge in [0.15, 0.2) is 23.1 Å². The van der Waals surface area contributed by atoms with E-state index in [4.69, 9.17) is 23.2 Å². The van der Waals surface area contributed by atoms with E-state index >= 15 is 4.39 Å². The highest BCUT2D eigenvalue weighted by Gasteiger charge is 2.47. The quantitative estimate of drug-likeness (QED) is 0.293. The second kappa shape index (κ2) is 8.69. The lowest BCUT2D eigenvalue weighted by atomic mass is 9.61. The van der Waals surface area contributed by atoms with Gasteiger partial charge in [-0.1, -0.05) is 23.2 Å². The molecule has 4 aromatic heterocycles. The first-order valence-electron chi connectivity index (χ1n) is 11.2. The lowest BCUT2D eigenvalue weighted by Gasteiger charge is -2.47. The van der Waals surface area contributed by atoms with Crippen molar-refractivity contribution in [1.29, 1.82) is 0 Å². The van der Waals surface area contributed by atoms with Gasteiger partial charge in [-0.3, -0.25) is 4.79 Å². The molecule has 4 heterocycles. The predicted octanol–water partition coefficient (Wildman–Crippen LogP) is 5.89. The van der Waals surface area contributed by atoms with Gasteiger partial charge >= 0.3 is 5.97 Å². The van der Waals surface area contributed by atoms with E-state index in [1.807, 2.05) is 0 Å². The SMILES string of the molecule is O=C(O)[C@H]1C2CCC(CC2)[C@@H]1Nc1nc(-c2c[nH]c3nc(Cl)cnc23)nc(-c2ccc(Cl)s2)c1F. The number of halogens is 3. The van der Waals surface area contributed by atoms with E-state index in [0.29, 0.717) is 25.9 Å². The van der Waals surface area contributed by atoms with Gasteiger partial charge in [0.1, 0.15) is 16.4 Å². The number of nitrogens with zero attached hydrogens (tertiary/aromatic N) is 4. The topological polar surface area (TPSA) is 117 Å². The van der Waals surface area contributed by atoms with Crippen LogP contribution in [0.15, 0.2) is 24.5 Å². The average Bonchev–Trinajstić information content (AvgIpc) is 3.46. The Balaban J connectivity index is 1.49. The summed E-state index contributed by atoms with van der Waals surface area (Å²) in [5, 5.41) is 13.4. The van der Waals surface area contributed by atoms with Crippen LogP contribution in [0.2, 0.25) is 9.49 Å². The number of carboxylic acids is 1. The highest BCUT2D eigenvalue weighted by molar-refractivity contribution is 7.19. The number of H-pyrrole nitrogens is 1. The van der Waals surface area contributed by atoms with E-state index in [2.05, 4.69) is 30.2 Å². The van der Waals surface area contributed by atoms with Crippen molar-refractivity contribution in [2.24, 2.45) is 17.8 Å². The van der Waals surface area contributed by atoms with Crippen LogP contribution in [0.1, 0.15) is 25.7 Å². The smallest absolute Gasteiger partial charge is 0.308 e. The number of anilines is 1. The van der Waals surface area contributed by atoms with Crippen LogP contribution < -0.4 is 5.32 Å². The summed E-state index contributed by atoms with van der Waals surface area (Å²) >= 11 is 13.3. The molecule has 3 fully saturated rings. The molecule has 3 aliphatic carbocycles. The molecule has 0 radical (unpaired) electrons. The molecule has 0 aliphatic heterocycles. The van der Waals surface area contributed by atoms with Crippen LogP contribution in [0, 0.1) is 23.6 Å². The standard InChI is InChI=1S/C23H19Cl2FN6O2S/c24-13-8-27-18-11(7-28-22(18)29-13)20-31-19(12-5-6-14(25)35-12)16(26)21(32-20)30-17-10-3-1-9(2-4-10)15(17)23(33)34/h5-10,15,17H,1-4H2,(H,28,29)(H,33,34)(H,30,31,32)/t9?,10?,15-,17-/m0/s1. The molecule has 0 aromatic carbocycles. The van der Waals surface area contributed by atoms with Crippen molar-refractivity contribution in [1.82, 2.24) is 24.9 Å². The second-order valence-electron chi connectivity index (χ2n) is 8.96. The maximum Gasteiger partial charge on any atom is 0.308 e. The van der Waals surface area contributed by atoms with Crippen LogP contribution in [0.5, 0.6) is 0 Å². The normalized spacial score (nSPS) is 23.6. The van der Waals surface area contributed by atoms with Crippen molar-refractivity contribution in [2.45, 2.75) is 31.7 Å². The van der Waals surface area contributed by atoms with Crippen LogP contribution in [-0.4, -0.2) is 42.0 Å². The number of carbonyl (C=O) groups is 1. The fourth-order valence-electron chi connectivity index (χ4n) is 5.48. The average molecular weight is 533 g/mol. The highest BCUT2D eigenvalue weighted by Crippen LogP contribution is 2.47. The van der Waals surface area contributed by atoms with Crippen molar-refractivity contribution >= 4 is 57.5 Å². The Hall–Kier alpha value is -2.82. The van der Waals surface area contributed by atoms with Crippen LogP contribution in [0.4, 0.5) is 10.2 Å². The maximum absolute atomic E-state index is 15.9. The molecular weight excluding hydrogens is 514 g/mol. The molecule has 7 rings (SSSR count). The van der Waals surface area contributed by atoms with Gasteiger partial charge in [0, 0.05) is 12.2 Å². The Labute approximate surface area is 213 Å². The minimum absolute atomic E-state index is 0.0328. The van der Waals surface area contributed by atoms with E-state index < -0.39 is 23.7 Å². The molecule has 8 nitrogen and oxygen atoms in total. The lowest BCUT2D eigenvalue weighted by Crippen LogP contribution is -2.51. The Morgan fingerprint density at radius 2 is 1.91 bits per heavy atom. The summed E-state index contributed by atoms with van der Waals surface area (Å²) in [6, 6.07) is 2.96. The third kappa shape index (κ3) is 3.93. The zero-order valence-electron chi connectivity index (χ0n) is 18.1. The van der Waals surface area contributed by atoms with Crippen molar-refractivity contribution in [2.75, 3.05) is 5.32 Å². The van der Waals surface area contributed by atoms with Gasteiger partial charge in [-0.2, -0.15) is 0 Å². The molecule has 3 aliphatic rings. The summed E-state index contributed by atoms with van der Waals surface area (Å²) in [7, 11) is 0. The minimum Gasteiger partial charge on any atom is -0.481 e. The summed E-state index contributed by atoms with van der Waals surface area (Å²) in [6.07, 6.45) is 6.65. The molecule has 180 valence electrons. The number of aromatic amines is 1. The zero-order chi connectivity index (χ0) is 24.3. The zero-order valence-corrected chi connectivity index (χ0v) is 20.5. The van der Waals surface area contributed by atoms with Crippen LogP contribution in [-0.2, 0) is 4.79 Å². The molecule has 0 unspecified atom stereocenters. The first-order valence-corrected chi connectivity index (χ1v) is 12.8. The van der Waals surface area contributed by atoms with Gasteiger partial charge in [0.05, 0.1) is 26.9 Å². The van der Waals surface area contributed by atoms with E-state index in [0.717, 1.165) is 25.7 Å². The Bertz CT molecular complexity index is 1450. The molecule has 0 amide bonds. The highest BCUT2D eigenvalue weighted by atomic mass is 35.5. The van der Waals surface area contributed by atoms with E-state index in [9.17, 15) is 9.90 Å². The lowest BCUT2D eigenvalue weighted by molar-refractivity contribution is -0.148. The molecule has 0 saturated heterocycles. The number of thiophene rings is 1. The predicted molar refractivity (Wildman–Crippen MR) is 132 cm³/mol. The first kappa shape index (κ1) is 22.6. The van der Waals surface area contributed by atoms with Gasteiger partial charge < -0.3 is 15.4 Å². The molecule has 3 N–H and O–H groups in total. The van der Waals surface area contributed by atoms with Crippen LogP contribution in [0.25, 0.3) is 33.1 Å². The van der Waals surface area contributed by atoms with Crippen molar-refractivity contribution < 1.29 is 14.3 Å². The summed E-state index contributed by atoms with van der Waals surface area (Å²) in [4.78, 5) is 33.3. The second-order valence-corrected chi connectivity index (χ2v) is 11.1.